The molecule has 0 atom stereocenters. The topological polar surface area (TPSA) is 54.9 Å². The fraction of sp³-hybridized carbons (Fsp3) is 0.500. The summed E-state index contributed by atoms with van der Waals surface area (Å²) in [6.45, 7) is 5.74. The molecule has 1 saturated carbocycles. The number of pyridine rings is 2. The van der Waals surface area contributed by atoms with E-state index >= 15 is 0 Å². The van der Waals surface area contributed by atoms with Gasteiger partial charge in [-0.05, 0) is 62.0 Å². The van der Waals surface area contributed by atoms with Gasteiger partial charge in [-0.25, -0.2) is 4.98 Å². The maximum absolute atomic E-state index is 13.5. The quantitative estimate of drug-likeness (QED) is 0.558. The van der Waals surface area contributed by atoms with Crippen molar-refractivity contribution in [3.8, 4) is 0 Å². The lowest BCUT2D eigenvalue weighted by Crippen LogP contribution is -2.25. The molecule has 2 heterocycles. The lowest BCUT2D eigenvalue weighted by atomic mass is 9.71. The molecule has 0 aliphatic heterocycles. The Kier molecular flexibility index (Phi) is 6.45. The third-order valence-corrected chi connectivity index (χ3v) is 6.47. The molecule has 0 aromatic carbocycles. The van der Waals surface area contributed by atoms with Gasteiger partial charge in [-0.3, -0.25) is 9.78 Å². The number of thioether (sulfide) groups is 1. The summed E-state index contributed by atoms with van der Waals surface area (Å²) in [7, 11) is 0. The molecule has 0 spiro atoms. The van der Waals surface area contributed by atoms with Crippen molar-refractivity contribution in [2.75, 3.05) is 11.6 Å². The average Bonchev–Trinajstić information content (AvgIpc) is 2.66. The predicted molar refractivity (Wildman–Crippen MR) is 113 cm³/mol. The van der Waals surface area contributed by atoms with Gasteiger partial charge in [-0.2, -0.15) is 13.2 Å². The number of carbonyl (C=O) groups is 1. The molecule has 1 N–H and O–H groups in total. The van der Waals surface area contributed by atoms with Crippen LogP contribution in [0.4, 0.5) is 18.9 Å². The van der Waals surface area contributed by atoms with Gasteiger partial charge in [0, 0.05) is 24.0 Å². The molecule has 0 radical (unpaired) electrons. The van der Waals surface area contributed by atoms with E-state index in [2.05, 4.69) is 29.1 Å². The van der Waals surface area contributed by atoms with Gasteiger partial charge in [0.25, 0.3) is 5.91 Å². The fourth-order valence-electron chi connectivity index (χ4n) is 3.97. The summed E-state index contributed by atoms with van der Waals surface area (Å²) in [5, 5.41) is 3.46. The second kappa shape index (κ2) is 8.57. The summed E-state index contributed by atoms with van der Waals surface area (Å²) in [6.07, 6.45) is 3.22. The lowest BCUT2D eigenvalue weighted by molar-refractivity contribution is -0.138. The average molecular weight is 438 g/mol. The normalized spacial score (nSPS) is 17.0. The van der Waals surface area contributed by atoms with Crippen LogP contribution in [0, 0.1) is 12.3 Å². The van der Waals surface area contributed by atoms with Gasteiger partial charge in [0.1, 0.15) is 0 Å². The molecular weight excluding hydrogens is 411 g/mol. The third-order valence-electron chi connectivity index (χ3n) is 5.83. The Labute approximate surface area is 179 Å². The summed E-state index contributed by atoms with van der Waals surface area (Å²) in [4.78, 5) is 21.5. The Morgan fingerprint density at radius 1 is 1.23 bits per heavy atom. The first-order chi connectivity index (χ1) is 14.0. The summed E-state index contributed by atoms with van der Waals surface area (Å²) in [5.74, 6) is -0.594. The van der Waals surface area contributed by atoms with Crippen LogP contribution in [0.2, 0.25) is 0 Å². The van der Waals surface area contributed by atoms with E-state index < -0.39 is 17.6 Å². The van der Waals surface area contributed by atoms with Crippen molar-refractivity contribution in [1.82, 2.24) is 9.97 Å². The number of carbonyl (C=O) groups excluding carboxylic acids is 1. The van der Waals surface area contributed by atoms with Crippen LogP contribution in [-0.2, 0) is 6.18 Å². The minimum atomic E-state index is -4.57. The molecule has 1 aliphatic carbocycles. The van der Waals surface area contributed by atoms with Gasteiger partial charge in [-0.1, -0.05) is 13.8 Å². The number of amides is 1. The van der Waals surface area contributed by atoms with E-state index in [4.69, 9.17) is 0 Å². The van der Waals surface area contributed by atoms with Crippen LogP contribution in [0.25, 0.3) is 0 Å². The zero-order chi connectivity index (χ0) is 22.1. The Balaban J connectivity index is 2.01. The highest BCUT2D eigenvalue weighted by Gasteiger charge is 2.37. The van der Waals surface area contributed by atoms with Gasteiger partial charge < -0.3 is 5.32 Å². The van der Waals surface area contributed by atoms with Crippen LogP contribution in [0.1, 0.15) is 72.6 Å². The number of hydrogen-bond acceptors (Lipinski definition) is 4. The van der Waals surface area contributed by atoms with E-state index in [1.165, 1.54) is 18.7 Å². The van der Waals surface area contributed by atoms with Gasteiger partial charge in [-0.15, -0.1) is 11.8 Å². The van der Waals surface area contributed by atoms with Crippen molar-refractivity contribution in [2.45, 2.75) is 63.6 Å². The molecule has 0 unspecified atom stereocenters. The van der Waals surface area contributed by atoms with E-state index in [0.29, 0.717) is 16.4 Å². The number of halogens is 3. The SMILES string of the molecule is CSc1cc(NC(=O)c2c(C3CCC(C)(C)CC3)ncc(C(F)(F)F)c2C)ccn1. The van der Waals surface area contributed by atoms with Gasteiger partial charge in [0.2, 0.25) is 0 Å². The van der Waals surface area contributed by atoms with Crippen LogP contribution in [0.5, 0.6) is 0 Å². The van der Waals surface area contributed by atoms with Crippen LogP contribution in [0.3, 0.4) is 0 Å². The Morgan fingerprint density at radius 3 is 2.50 bits per heavy atom. The Bertz CT molecular complexity index is 934. The van der Waals surface area contributed by atoms with E-state index in [9.17, 15) is 18.0 Å². The summed E-state index contributed by atoms with van der Waals surface area (Å²) >= 11 is 1.42. The number of aromatic nitrogens is 2. The third kappa shape index (κ3) is 4.96. The number of anilines is 1. The van der Waals surface area contributed by atoms with E-state index in [0.717, 1.165) is 31.9 Å². The van der Waals surface area contributed by atoms with Gasteiger partial charge in [0.15, 0.2) is 0 Å². The molecule has 1 aliphatic rings. The first-order valence-corrected chi connectivity index (χ1v) is 11.1. The predicted octanol–water partition coefficient (Wildman–Crippen LogP) is 6.46. The Hall–Kier alpha value is -2.09. The van der Waals surface area contributed by atoms with Gasteiger partial charge in [0.05, 0.1) is 21.8 Å². The first-order valence-electron chi connectivity index (χ1n) is 9.90. The van der Waals surface area contributed by atoms with Crippen molar-refractivity contribution >= 4 is 23.4 Å². The maximum Gasteiger partial charge on any atom is 0.418 e. The largest absolute Gasteiger partial charge is 0.418 e. The van der Waals surface area contributed by atoms with Crippen LogP contribution in [0.15, 0.2) is 29.6 Å². The maximum atomic E-state index is 13.5. The highest BCUT2D eigenvalue weighted by molar-refractivity contribution is 7.98. The van der Waals surface area contributed by atoms with Crippen molar-refractivity contribution < 1.29 is 18.0 Å². The van der Waals surface area contributed by atoms with Crippen LogP contribution in [-0.4, -0.2) is 22.1 Å². The van der Waals surface area contributed by atoms with Crippen molar-refractivity contribution in [1.29, 1.82) is 0 Å². The van der Waals surface area contributed by atoms with Crippen LogP contribution < -0.4 is 5.32 Å². The number of nitrogens with one attached hydrogen (secondary N) is 1. The molecule has 8 heteroatoms. The number of rotatable bonds is 4. The number of nitrogens with zero attached hydrogens (tertiary/aromatic N) is 2. The highest BCUT2D eigenvalue weighted by atomic mass is 32.2. The molecule has 1 fully saturated rings. The minimum Gasteiger partial charge on any atom is -0.322 e. The van der Waals surface area contributed by atoms with E-state index in [-0.39, 0.29) is 22.5 Å². The smallest absolute Gasteiger partial charge is 0.322 e. The van der Waals surface area contributed by atoms with Crippen molar-refractivity contribution in [3.63, 3.8) is 0 Å². The zero-order valence-electron chi connectivity index (χ0n) is 17.6. The van der Waals surface area contributed by atoms with E-state index in [1.54, 1.807) is 18.3 Å². The zero-order valence-corrected chi connectivity index (χ0v) is 18.4. The van der Waals surface area contributed by atoms with E-state index in [1.807, 2.05) is 6.26 Å². The summed E-state index contributed by atoms with van der Waals surface area (Å²) < 4.78 is 40.5. The molecule has 162 valence electrons. The summed E-state index contributed by atoms with van der Waals surface area (Å²) in [6, 6.07) is 3.32. The molecule has 4 nitrogen and oxygen atoms in total. The molecule has 0 bridgehead atoms. The van der Waals surface area contributed by atoms with Gasteiger partial charge >= 0.3 is 6.18 Å². The summed E-state index contributed by atoms with van der Waals surface area (Å²) in [5.41, 5.74) is 0.253. The highest BCUT2D eigenvalue weighted by Crippen LogP contribution is 2.44. The number of hydrogen-bond donors (Lipinski definition) is 1. The molecule has 2 aromatic heterocycles. The second-order valence-corrected chi connectivity index (χ2v) is 9.36. The van der Waals surface area contributed by atoms with Crippen LogP contribution >= 0.6 is 11.8 Å². The minimum absolute atomic E-state index is 0.0287. The molecule has 1 amide bonds. The fourth-order valence-corrected chi connectivity index (χ4v) is 4.38. The molecular formula is C22H26F3N3OS. The molecule has 0 saturated heterocycles. The molecule has 3 rings (SSSR count). The standard InChI is InChI=1S/C22H26F3N3OS/c1-13-16(22(23,24)25)12-27-19(14-5-8-21(2,3)9-6-14)18(13)20(29)28-15-7-10-26-17(11-15)30-4/h7,10-12,14H,5-6,8-9H2,1-4H3,(H,26,28,29). The molecule has 2 aromatic rings. The Morgan fingerprint density at radius 2 is 1.90 bits per heavy atom. The monoisotopic (exact) mass is 437 g/mol. The van der Waals surface area contributed by atoms with Crippen molar-refractivity contribution in [3.05, 3.63) is 46.9 Å². The first kappa shape index (κ1) is 22.6. The lowest BCUT2D eigenvalue weighted by Gasteiger charge is -2.35. The van der Waals surface area contributed by atoms with Crippen molar-refractivity contribution in [2.24, 2.45) is 5.41 Å². The second-order valence-electron chi connectivity index (χ2n) is 8.53. The number of alkyl halides is 3. The molecule has 30 heavy (non-hydrogen) atoms.